The molecule has 4 N–H and O–H groups in total. The van der Waals surface area contributed by atoms with E-state index in [0.29, 0.717) is 25.3 Å². The van der Waals surface area contributed by atoms with Gasteiger partial charge in [0.15, 0.2) is 0 Å². The fourth-order valence-corrected chi connectivity index (χ4v) is 4.55. The molecule has 0 heterocycles. The van der Waals surface area contributed by atoms with Crippen LogP contribution >= 0.6 is 0 Å². The lowest BCUT2D eigenvalue weighted by molar-refractivity contribution is -0.130. The summed E-state index contributed by atoms with van der Waals surface area (Å²) in [5.74, 6) is -0.484. The van der Waals surface area contributed by atoms with E-state index in [9.17, 15) is 19.5 Å². The van der Waals surface area contributed by atoms with Gasteiger partial charge >= 0.3 is 6.09 Å². The van der Waals surface area contributed by atoms with Crippen LogP contribution in [0.4, 0.5) is 4.79 Å². The number of aliphatic hydroxyl groups is 1. The SMILES string of the molecule is O=C(N[C@@H](Cc1ccc(OCc2ccccc2)cc1)C(=O)N[C@H](CO)C(=O)NCCCc1ccccc1)OCc1ccccc1. The zero-order valence-electron chi connectivity index (χ0n) is 25.1. The number of alkyl carbamates (subject to hydrolysis) is 1. The van der Waals surface area contributed by atoms with Crippen molar-refractivity contribution in [2.75, 3.05) is 13.2 Å². The molecule has 2 atom stereocenters. The van der Waals surface area contributed by atoms with Crippen LogP contribution in [0, 0.1) is 0 Å². The number of carbonyl (C=O) groups is 3. The van der Waals surface area contributed by atoms with E-state index in [4.69, 9.17) is 9.47 Å². The third kappa shape index (κ3) is 11.5. The summed E-state index contributed by atoms with van der Waals surface area (Å²) < 4.78 is 11.2. The molecule has 0 unspecified atom stereocenters. The number of aliphatic hydroxyl groups excluding tert-OH is 1. The standard InChI is InChI=1S/C36H39N3O6/c40-24-33(34(41)37-22-10-17-27-11-4-1-5-12-27)38-35(42)32(39-36(43)45-26-30-15-8-3-9-16-30)23-28-18-20-31(21-19-28)44-25-29-13-6-2-7-14-29/h1-9,11-16,18-21,32-33,40H,10,17,22-26H2,(H,37,41)(H,38,42)(H,39,43)/t32-,33+/m0/s1. The molecule has 4 aromatic rings. The Morgan fingerprint density at radius 1 is 0.622 bits per heavy atom. The molecule has 4 rings (SSSR count). The maximum atomic E-state index is 13.4. The summed E-state index contributed by atoms with van der Waals surface area (Å²) >= 11 is 0. The Hall–Kier alpha value is -5.15. The van der Waals surface area contributed by atoms with Gasteiger partial charge in [0.05, 0.1) is 6.61 Å². The molecule has 0 saturated carbocycles. The molecule has 0 saturated heterocycles. The zero-order valence-corrected chi connectivity index (χ0v) is 25.1. The van der Waals surface area contributed by atoms with E-state index in [0.717, 1.165) is 28.7 Å². The lowest BCUT2D eigenvalue weighted by Gasteiger charge is -2.22. The first kappa shape index (κ1) is 32.8. The largest absolute Gasteiger partial charge is 0.489 e. The van der Waals surface area contributed by atoms with Crippen molar-refractivity contribution < 1.29 is 29.0 Å². The Labute approximate surface area is 263 Å². The van der Waals surface area contributed by atoms with Crippen LogP contribution in [0.15, 0.2) is 115 Å². The third-order valence-electron chi connectivity index (χ3n) is 7.03. The molecule has 4 aromatic carbocycles. The molecule has 0 aliphatic heterocycles. The highest BCUT2D eigenvalue weighted by atomic mass is 16.5. The van der Waals surface area contributed by atoms with Crippen molar-refractivity contribution in [2.24, 2.45) is 0 Å². The number of nitrogens with one attached hydrogen (secondary N) is 3. The monoisotopic (exact) mass is 609 g/mol. The molecule has 0 bridgehead atoms. The van der Waals surface area contributed by atoms with Crippen LogP contribution in [0.1, 0.15) is 28.7 Å². The molecule has 3 amide bonds. The van der Waals surface area contributed by atoms with Crippen molar-refractivity contribution in [3.63, 3.8) is 0 Å². The minimum absolute atomic E-state index is 0.0269. The lowest BCUT2D eigenvalue weighted by atomic mass is 10.0. The summed E-state index contributed by atoms with van der Waals surface area (Å²) in [6.45, 7) is 0.219. The molecule has 0 aliphatic carbocycles. The van der Waals surface area contributed by atoms with E-state index >= 15 is 0 Å². The molecular formula is C36H39N3O6. The highest BCUT2D eigenvalue weighted by molar-refractivity contribution is 5.91. The molecule has 0 aliphatic rings. The number of amides is 3. The van der Waals surface area contributed by atoms with Crippen LogP contribution in [-0.2, 0) is 40.4 Å². The van der Waals surface area contributed by atoms with Crippen LogP contribution in [0.25, 0.3) is 0 Å². The predicted octanol–water partition coefficient (Wildman–Crippen LogP) is 4.33. The van der Waals surface area contributed by atoms with Crippen molar-refractivity contribution in [3.8, 4) is 5.75 Å². The van der Waals surface area contributed by atoms with Crippen molar-refractivity contribution in [3.05, 3.63) is 138 Å². The van der Waals surface area contributed by atoms with Gasteiger partial charge in [-0.15, -0.1) is 0 Å². The second-order valence-electron chi connectivity index (χ2n) is 10.5. The summed E-state index contributed by atoms with van der Waals surface area (Å²) in [4.78, 5) is 38.9. The van der Waals surface area contributed by atoms with E-state index in [2.05, 4.69) is 16.0 Å². The van der Waals surface area contributed by atoms with Gasteiger partial charge in [-0.25, -0.2) is 4.79 Å². The third-order valence-corrected chi connectivity index (χ3v) is 7.03. The zero-order chi connectivity index (χ0) is 31.7. The van der Waals surface area contributed by atoms with Crippen LogP contribution in [0.2, 0.25) is 0 Å². The van der Waals surface area contributed by atoms with Crippen molar-refractivity contribution in [2.45, 2.75) is 44.6 Å². The number of ether oxygens (including phenoxy) is 2. The molecule has 45 heavy (non-hydrogen) atoms. The first-order valence-electron chi connectivity index (χ1n) is 15.0. The van der Waals surface area contributed by atoms with E-state index < -0.39 is 36.6 Å². The van der Waals surface area contributed by atoms with E-state index in [1.54, 1.807) is 24.3 Å². The van der Waals surface area contributed by atoms with Crippen molar-refractivity contribution in [1.82, 2.24) is 16.0 Å². The number of aryl methyl sites for hydroxylation is 1. The fourth-order valence-electron chi connectivity index (χ4n) is 4.55. The molecule has 0 aromatic heterocycles. The normalized spacial score (nSPS) is 11.9. The highest BCUT2D eigenvalue weighted by Crippen LogP contribution is 2.16. The Balaban J connectivity index is 1.35. The van der Waals surface area contributed by atoms with Gasteiger partial charge in [-0.2, -0.15) is 0 Å². The van der Waals surface area contributed by atoms with Crippen molar-refractivity contribution >= 4 is 17.9 Å². The van der Waals surface area contributed by atoms with Gasteiger partial charge in [0.1, 0.15) is 31.0 Å². The molecule has 0 spiro atoms. The number of carbonyl (C=O) groups excluding carboxylic acids is 3. The van der Waals surface area contributed by atoms with Crippen LogP contribution in [-0.4, -0.2) is 48.2 Å². The molecule has 9 heteroatoms. The summed E-state index contributed by atoms with van der Waals surface area (Å²) in [5.41, 5.74) is 3.73. The second kappa shape index (κ2) is 17.8. The van der Waals surface area contributed by atoms with E-state index in [1.807, 2.05) is 91.0 Å². The second-order valence-corrected chi connectivity index (χ2v) is 10.5. The average Bonchev–Trinajstić information content (AvgIpc) is 3.08. The van der Waals surface area contributed by atoms with Gasteiger partial charge < -0.3 is 30.5 Å². The van der Waals surface area contributed by atoms with Crippen molar-refractivity contribution in [1.29, 1.82) is 0 Å². The molecule has 9 nitrogen and oxygen atoms in total. The average molecular weight is 610 g/mol. The maximum Gasteiger partial charge on any atom is 0.408 e. The van der Waals surface area contributed by atoms with Gasteiger partial charge in [0, 0.05) is 13.0 Å². The number of rotatable bonds is 16. The summed E-state index contributed by atoms with van der Waals surface area (Å²) in [7, 11) is 0. The smallest absolute Gasteiger partial charge is 0.408 e. The minimum atomic E-state index is -1.19. The first-order chi connectivity index (χ1) is 22.0. The first-order valence-corrected chi connectivity index (χ1v) is 15.0. The Morgan fingerprint density at radius 3 is 1.80 bits per heavy atom. The Bertz CT molecular complexity index is 1470. The quantitative estimate of drug-likeness (QED) is 0.140. The molecule has 0 radical (unpaired) electrons. The Kier molecular flexibility index (Phi) is 13.0. The predicted molar refractivity (Wildman–Crippen MR) is 171 cm³/mol. The van der Waals surface area contributed by atoms with Crippen LogP contribution < -0.4 is 20.7 Å². The van der Waals surface area contributed by atoms with E-state index in [1.165, 1.54) is 0 Å². The van der Waals surface area contributed by atoms with Gasteiger partial charge in [-0.3, -0.25) is 9.59 Å². The highest BCUT2D eigenvalue weighted by Gasteiger charge is 2.27. The lowest BCUT2D eigenvalue weighted by Crippen LogP contribution is -2.55. The van der Waals surface area contributed by atoms with Gasteiger partial charge in [-0.1, -0.05) is 103 Å². The molecular weight excluding hydrogens is 570 g/mol. The van der Waals surface area contributed by atoms with Crippen LogP contribution in [0.3, 0.4) is 0 Å². The summed E-state index contributed by atoms with van der Waals surface area (Å²) in [6, 6.07) is 33.8. The van der Waals surface area contributed by atoms with E-state index in [-0.39, 0.29) is 13.0 Å². The fraction of sp³-hybridized carbons (Fsp3) is 0.250. The van der Waals surface area contributed by atoms with Crippen LogP contribution in [0.5, 0.6) is 5.75 Å². The van der Waals surface area contributed by atoms with Gasteiger partial charge in [-0.05, 0) is 47.2 Å². The van der Waals surface area contributed by atoms with Gasteiger partial charge in [0.2, 0.25) is 11.8 Å². The topological polar surface area (TPSA) is 126 Å². The van der Waals surface area contributed by atoms with Gasteiger partial charge in [0.25, 0.3) is 0 Å². The summed E-state index contributed by atoms with van der Waals surface area (Å²) in [6.07, 6.45) is 0.810. The maximum absolute atomic E-state index is 13.4. The number of benzene rings is 4. The summed E-state index contributed by atoms with van der Waals surface area (Å²) in [5, 5.41) is 17.9. The number of hydrogen-bond donors (Lipinski definition) is 4. The minimum Gasteiger partial charge on any atom is -0.489 e. The molecule has 0 fully saturated rings. The Morgan fingerprint density at radius 2 is 1.20 bits per heavy atom. The number of hydrogen-bond acceptors (Lipinski definition) is 6. The molecule has 234 valence electrons.